The van der Waals surface area contributed by atoms with Crippen LogP contribution in [0.4, 0.5) is 0 Å². The summed E-state index contributed by atoms with van der Waals surface area (Å²) in [4.78, 5) is 36.8. The van der Waals surface area contributed by atoms with Crippen LogP contribution in [-0.2, 0) is 14.4 Å². The van der Waals surface area contributed by atoms with E-state index in [4.69, 9.17) is 5.11 Å². The topological polar surface area (TPSA) is 74.7 Å². The largest absolute Gasteiger partial charge is 0.481 e. The van der Waals surface area contributed by atoms with Gasteiger partial charge in [0.25, 0.3) is 0 Å². The highest BCUT2D eigenvalue weighted by Crippen LogP contribution is 2.40. The smallest absolute Gasteiger partial charge is 0.305 e. The molecule has 0 aromatic rings. The van der Waals surface area contributed by atoms with Crippen LogP contribution in [0.25, 0.3) is 0 Å². The van der Waals surface area contributed by atoms with Crippen molar-refractivity contribution in [2.75, 3.05) is 0 Å². The van der Waals surface area contributed by atoms with Crippen LogP contribution in [0.15, 0.2) is 0 Å². The fraction of sp³-hybridized carbons (Fsp3) is 0.786. The Balaban J connectivity index is 3.00. The van der Waals surface area contributed by atoms with E-state index in [9.17, 15) is 14.4 Å². The summed E-state index contributed by atoms with van der Waals surface area (Å²) in [7, 11) is 0. The lowest BCUT2D eigenvalue weighted by Crippen LogP contribution is -2.43. The van der Waals surface area contributed by atoms with Gasteiger partial charge in [-0.25, -0.2) is 0 Å². The van der Waals surface area contributed by atoms with Crippen LogP contribution in [0.2, 0.25) is 0 Å². The Morgan fingerprint density at radius 1 is 1.32 bits per heavy atom. The molecular formula is C14H23NO4. The highest BCUT2D eigenvalue weighted by Gasteiger charge is 2.51. The third kappa shape index (κ3) is 2.96. The average molecular weight is 269 g/mol. The number of hydrogen-bond acceptors (Lipinski definition) is 3. The van der Waals surface area contributed by atoms with Gasteiger partial charge in [0.15, 0.2) is 0 Å². The number of likely N-dealkylation sites (tertiary alicyclic amines) is 1. The minimum Gasteiger partial charge on any atom is -0.481 e. The molecule has 1 saturated heterocycles. The van der Waals surface area contributed by atoms with Crippen molar-refractivity contribution in [3.63, 3.8) is 0 Å². The maximum absolute atomic E-state index is 12.5. The number of imide groups is 1. The van der Waals surface area contributed by atoms with Crippen molar-refractivity contribution in [3.8, 4) is 0 Å². The first-order chi connectivity index (χ1) is 8.91. The van der Waals surface area contributed by atoms with Crippen LogP contribution in [0, 0.1) is 5.41 Å². The van der Waals surface area contributed by atoms with Crippen molar-refractivity contribution < 1.29 is 19.5 Å². The molecule has 0 aliphatic carbocycles. The summed E-state index contributed by atoms with van der Waals surface area (Å²) in [6.45, 7) is 5.74. The molecule has 0 spiro atoms. The molecule has 1 fully saturated rings. The van der Waals surface area contributed by atoms with Gasteiger partial charge in [-0.2, -0.15) is 0 Å². The summed E-state index contributed by atoms with van der Waals surface area (Å²) in [5.74, 6) is -1.36. The van der Waals surface area contributed by atoms with Crippen molar-refractivity contribution in [1.82, 2.24) is 4.90 Å². The van der Waals surface area contributed by atoms with Crippen molar-refractivity contribution in [3.05, 3.63) is 0 Å². The summed E-state index contributed by atoms with van der Waals surface area (Å²) < 4.78 is 0. The lowest BCUT2D eigenvalue weighted by atomic mass is 9.81. The van der Waals surface area contributed by atoms with E-state index in [1.807, 2.05) is 20.8 Å². The van der Waals surface area contributed by atoms with Gasteiger partial charge in [0.1, 0.15) is 0 Å². The SMILES string of the molecule is CCCC(CC(=O)O)N1C(=O)CC(CC)(CC)C1=O. The highest BCUT2D eigenvalue weighted by molar-refractivity contribution is 6.06. The van der Waals surface area contributed by atoms with Gasteiger partial charge in [-0.1, -0.05) is 27.2 Å². The Bertz CT molecular complexity index is 374. The Labute approximate surface area is 114 Å². The third-order valence-corrected chi connectivity index (χ3v) is 4.18. The van der Waals surface area contributed by atoms with E-state index in [-0.39, 0.29) is 24.7 Å². The first-order valence-corrected chi connectivity index (χ1v) is 7.00. The maximum Gasteiger partial charge on any atom is 0.305 e. The summed E-state index contributed by atoms with van der Waals surface area (Å²) >= 11 is 0. The molecule has 2 amide bonds. The molecule has 5 nitrogen and oxygen atoms in total. The molecule has 1 aliphatic rings. The number of nitrogens with zero attached hydrogens (tertiary/aromatic N) is 1. The molecule has 1 unspecified atom stereocenters. The Hall–Kier alpha value is -1.39. The van der Waals surface area contributed by atoms with Crippen LogP contribution < -0.4 is 0 Å². The van der Waals surface area contributed by atoms with Gasteiger partial charge in [0.05, 0.1) is 17.9 Å². The van der Waals surface area contributed by atoms with Gasteiger partial charge in [-0.05, 0) is 19.3 Å². The van der Waals surface area contributed by atoms with Crippen molar-refractivity contribution >= 4 is 17.8 Å². The van der Waals surface area contributed by atoms with Gasteiger partial charge in [-0.15, -0.1) is 0 Å². The van der Waals surface area contributed by atoms with Crippen LogP contribution in [0.1, 0.15) is 59.3 Å². The lowest BCUT2D eigenvalue weighted by Gasteiger charge is -2.28. The Morgan fingerprint density at radius 3 is 2.26 bits per heavy atom. The summed E-state index contributed by atoms with van der Waals surface area (Å²) in [6, 6.07) is -0.498. The number of rotatable bonds is 7. The van der Waals surface area contributed by atoms with Gasteiger partial charge in [0.2, 0.25) is 11.8 Å². The predicted octanol–water partition coefficient (Wildman–Crippen LogP) is 2.20. The first-order valence-electron chi connectivity index (χ1n) is 7.00. The quantitative estimate of drug-likeness (QED) is 0.719. The molecule has 1 aliphatic heterocycles. The van der Waals surface area contributed by atoms with Gasteiger partial charge >= 0.3 is 5.97 Å². The predicted molar refractivity (Wildman–Crippen MR) is 70.4 cm³/mol. The number of carbonyl (C=O) groups excluding carboxylic acids is 2. The normalized spacial score (nSPS) is 19.8. The number of carboxylic acids is 1. The molecular weight excluding hydrogens is 246 g/mol. The molecule has 1 N–H and O–H groups in total. The zero-order chi connectivity index (χ0) is 14.6. The third-order valence-electron chi connectivity index (χ3n) is 4.18. The van der Waals surface area contributed by atoms with E-state index in [0.717, 1.165) is 6.42 Å². The van der Waals surface area contributed by atoms with E-state index in [1.165, 1.54) is 4.90 Å². The zero-order valence-electron chi connectivity index (χ0n) is 11.9. The maximum atomic E-state index is 12.5. The standard InChI is InChI=1S/C14H23NO4/c1-4-7-10(8-12(17)18)15-11(16)9-14(5-2,6-3)13(15)19/h10H,4-9H2,1-3H3,(H,17,18). The molecule has 0 radical (unpaired) electrons. The van der Waals surface area contributed by atoms with Crippen LogP contribution in [0.3, 0.4) is 0 Å². The second-order valence-corrected chi connectivity index (χ2v) is 5.27. The summed E-state index contributed by atoms with van der Waals surface area (Å²) in [5.41, 5.74) is -0.610. The summed E-state index contributed by atoms with van der Waals surface area (Å²) in [6.07, 6.45) is 2.61. The molecule has 5 heteroatoms. The molecule has 19 heavy (non-hydrogen) atoms. The molecule has 0 saturated carbocycles. The van der Waals surface area contributed by atoms with Crippen LogP contribution in [-0.4, -0.2) is 33.8 Å². The Morgan fingerprint density at radius 2 is 1.89 bits per heavy atom. The molecule has 1 rings (SSSR count). The highest BCUT2D eigenvalue weighted by atomic mass is 16.4. The monoisotopic (exact) mass is 269 g/mol. The molecule has 1 heterocycles. The van der Waals surface area contributed by atoms with Gasteiger partial charge < -0.3 is 5.11 Å². The zero-order valence-corrected chi connectivity index (χ0v) is 11.9. The number of hydrogen-bond donors (Lipinski definition) is 1. The number of aliphatic carboxylic acids is 1. The van der Waals surface area contributed by atoms with E-state index in [2.05, 4.69) is 0 Å². The number of carbonyl (C=O) groups is 3. The minimum atomic E-state index is -0.968. The second-order valence-electron chi connectivity index (χ2n) is 5.27. The fourth-order valence-electron chi connectivity index (χ4n) is 2.85. The Kier molecular flexibility index (Phi) is 5.09. The van der Waals surface area contributed by atoms with E-state index < -0.39 is 17.4 Å². The summed E-state index contributed by atoms with van der Waals surface area (Å²) in [5, 5.41) is 8.94. The van der Waals surface area contributed by atoms with E-state index in [1.54, 1.807) is 0 Å². The van der Waals surface area contributed by atoms with Crippen molar-refractivity contribution in [1.29, 1.82) is 0 Å². The molecule has 108 valence electrons. The van der Waals surface area contributed by atoms with Crippen molar-refractivity contribution in [2.45, 2.75) is 65.3 Å². The first kappa shape index (κ1) is 15.7. The molecule has 0 bridgehead atoms. The average Bonchev–Trinajstić information content (AvgIpc) is 2.60. The van der Waals surface area contributed by atoms with Crippen LogP contribution in [0.5, 0.6) is 0 Å². The lowest BCUT2D eigenvalue weighted by molar-refractivity contribution is -0.146. The van der Waals surface area contributed by atoms with Gasteiger partial charge in [0, 0.05) is 6.42 Å². The number of amides is 2. The minimum absolute atomic E-state index is 0.158. The van der Waals surface area contributed by atoms with E-state index in [0.29, 0.717) is 19.3 Å². The van der Waals surface area contributed by atoms with Crippen LogP contribution >= 0.6 is 0 Å². The molecule has 0 aromatic carbocycles. The van der Waals surface area contributed by atoms with Gasteiger partial charge in [-0.3, -0.25) is 19.3 Å². The van der Waals surface area contributed by atoms with Crippen molar-refractivity contribution in [2.24, 2.45) is 5.41 Å². The molecule has 0 aromatic heterocycles. The molecule has 1 atom stereocenters. The number of carboxylic acid groups (broad SMARTS) is 1. The van der Waals surface area contributed by atoms with E-state index >= 15 is 0 Å². The fourth-order valence-corrected chi connectivity index (χ4v) is 2.85. The second kappa shape index (κ2) is 6.17.